The van der Waals surface area contributed by atoms with Crippen molar-refractivity contribution in [3.63, 3.8) is 0 Å². The number of phenolic OH excluding ortho intramolecular Hbond substituents is 1. The lowest BCUT2D eigenvalue weighted by atomic mass is 10.1. The van der Waals surface area contributed by atoms with Gasteiger partial charge in [0, 0.05) is 6.07 Å². The minimum absolute atomic E-state index is 0.318. The van der Waals surface area contributed by atoms with Crippen LogP contribution < -0.4 is 5.11 Å². The minimum Gasteiger partial charge on any atom is -0.870 e. The van der Waals surface area contributed by atoms with Gasteiger partial charge in [-0.05, 0) is 6.07 Å². The van der Waals surface area contributed by atoms with Crippen LogP contribution >= 0.6 is 0 Å². The molecule has 2 N–H and O–H groups in total. The van der Waals surface area contributed by atoms with Gasteiger partial charge in [-0.1, -0.05) is 5.75 Å². The van der Waals surface area contributed by atoms with Gasteiger partial charge in [-0.2, -0.15) is 0 Å². The first kappa shape index (κ1) is 8.07. The molecule has 0 aliphatic carbocycles. The zero-order valence-corrected chi connectivity index (χ0v) is 7.06. The summed E-state index contributed by atoms with van der Waals surface area (Å²) in [4.78, 5) is 0. The van der Waals surface area contributed by atoms with Gasteiger partial charge < -0.3 is 15.3 Å². The number of benzene rings is 1. The zero-order valence-electron chi connectivity index (χ0n) is 7.06. The Bertz CT molecular complexity index is 398. The lowest BCUT2D eigenvalue weighted by Crippen LogP contribution is -1.95. The molecule has 1 aliphatic rings. The molecule has 0 fully saturated rings. The van der Waals surface area contributed by atoms with Crippen LogP contribution in [0, 0.1) is 0 Å². The molecule has 0 radical (unpaired) electrons. The standard InChI is InChI=1S/C9H9NO3/c1-10-4-9(13)5-2-7(11)8(12)3-6(5)10/h2-4,9,13H,1H3,(H-,11,12)/t9-/m0/s1. The first-order valence-electron chi connectivity index (χ1n) is 3.89. The van der Waals surface area contributed by atoms with E-state index in [2.05, 4.69) is 0 Å². The highest BCUT2D eigenvalue weighted by Gasteiger charge is 2.27. The largest absolute Gasteiger partial charge is 0.870 e. The summed E-state index contributed by atoms with van der Waals surface area (Å²) in [5, 5.41) is 29.6. The summed E-state index contributed by atoms with van der Waals surface area (Å²) in [5.74, 6) is -0.741. The summed E-state index contributed by atoms with van der Waals surface area (Å²) < 4.78 is 1.67. The van der Waals surface area contributed by atoms with E-state index in [1.807, 2.05) is 0 Å². The van der Waals surface area contributed by atoms with Crippen molar-refractivity contribution in [3.8, 4) is 11.5 Å². The summed E-state index contributed by atoms with van der Waals surface area (Å²) in [6.07, 6.45) is 0.843. The average molecular weight is 179 g/mol. The quantitative estimate of drug-likeness (QED) is 0.544. The van der Waals surface area contributed by atoms with Gasteiger partial charge in [-0.3, -0.25) is 0 Å². The Morgan fingerprint density at radius 2 is 2.15 bits per heavy atom. The lowest BCUT2D eigenvalue weighted by Gasteiger charge is -2.09. The van der Waals surface area contributed by atoms with Crippen LogP contribution in [0.3, 0.4) is 0 Å². The van der Waals surface area contributed by atoms with Crippen molar-refractivity contribution in [2.45, 2.75) is 6.10 Å². The molecule has 0 bridgehead atoms. The second kappa shape index (κ2) is 2.47. The van der Waals surface area contributed by atoms with Gasteiger partial charge in [0.25, 0.3) is 0 Å². The highest BCUT2D eigenvalue weighted by atomic mass is 16.3. The number of nitrogens with zero attached hydrogens (tertiary/aromatic N) is 1. The molecule has 13 heavy (non-hydrogen) atoms. The Hall–Kier alpha value is -1.55. The molecule has 1 atom stereocenters. The molecule has 68 valence electrons. The van der Waals surface area contributed by atoms with Gasteiger partial charge in [0.05, 0.1) is 5.56 Å². The van der Waals surface area contributed by atoms with Crippen LogP contribution in [0.5, 0.6) is 11.5 Å². The van der Waals surface area contributed by atoms with Crippen LogP contribution in [0.25, 0.3) is 0 Å². The van der Waals surface area contributed by atoms with Crippen molar-refractivity contribution in [3.05, 3.63) is 17.7 Å². The molecule has 0 saturated carbocycles. The van der Waals surface area contributed by atoms with Gasteiger partial charge in [-0.25, -0.2) is 4.58 Å². The zero-order chi connectivity index (χ0) is 9.59. The SMILES string of the molecule is C[N+]1=C[C@H](O)c2cc(O)c([O-])cc21. The Morgan fingerprint density at radius 1 is 1.46 bits per heavy atom. The first-order chi connectivity index (χ1) is 6.09. The molecule has 1 heterocycles. The maximum Gasteiger partial charge on any atom is 0.210 e. The molecule has 4 nitrogen and oxygen atoms in total. The molecule has 0 amide bonds. The van der Waals surface area contributed by atoms with Gasteiger partial charge in [0.15, 0.2) is 12.3 Å². The minimum atomic E-state index is -0.730. The van der Waals surface area contributed by atoms with Crippen molar-refractivity contribution in [1.82, 2.24) is 0 Å². The van der Waals surface area contributed by atoms with E-state index in [9.17, 15) is 10.2 Å². The second-order valence-electron chi connectivity index (χ2n) is 3.08. The van der Waals surface area contributed by atoms with Crippen molar-refractivity contribution in [1.29, 1.82) is 0 Å². The molecule has 0 spiro atoms. The molecule has 1 aromatic rings. The first-order valence-corrected chi connectivity index (χ1v) is 3.89. The lowest BCUT2D eigenvalue weighted by molar-refractivity contribution is -0.398. The number of aliphatic hydroxyl groups is 1. The number of rotatable bonds is 0. The van der Waals surface area contributed by atoms with Crippen LogP contribution in [0.1, 0.15) is 11.7 Å². The molecule has 0 aromatic heterocycles. The fourth-order valence-electron chi connectivity index (χ4n) is 1.49. The van der Waals surface area contributed by atoms with E-state index in [1.165, 1.54) is 12.1 Å². The molecular weight excluding hydrogens is 170 g/mol. The number of hydrogen-bond donors (Lipinski definition) is 2. The van der Waals surface area contributed by atoms with Gasteiger partial charge in [-0.15, -0.1) is 0 Å². The molecule has 0 unspecified atom stereocenters. The molecule has 1 aromatic carbocycles. The third-order valence-electron chi connectivity index (χ3n) is 2.17. The molecule has 1 aliphatic heterocycles. The van der Waals surface area contributed by atoms with Crippen LogP contribution in [0.2, 0.25) is 0 Å². The number of aliphatic hydroxyl groups excluding tert-OH is 1. The van der Waals surface area contributed by atoms with E-state index in [0.29, 0.717) is 11.3 Å². The predicted molar refractivity (Wildman–Crippen MR) is 44.4 cm³/mol. The smallest absolute Gasteiger partial charge is 0.210 e. The topological polar surface area (TPSA) is 66.5 Å². The van der Waals surface area contributed by atoms with E-state index in [-0.39, 0.29) is 5.75 Å². The van der Waals surface area contributed by atoms with E-state index < -0.39 is 11.9 Å². The van der Waals surface area contributed by atoms with E-state index >= 15 is 0 Å². The van der Waals surface area contributed by atoms with E-state index in [4.69, 9.17) is 5.11 Å². The summed E-state index contributed by atoms with van der Waals surface area (Å²) in [5.41, 5.74) is 1.22. The maximum atomic E-state index is 11.1. The van der Waals surface area contributed by atoms with Crippen LogP contribution in [-0.4, -0.2) is 28.1 Å². The molecule has 2 rings (SSSR count). The molecule has 4 heteroatoms. The average Bonchev–Trinajstić information content (AvgIpc) is 2.31. The van der Waals surface area contributed by atoms with Crippen LogP contribution in [-0.2, 0) is 0 Å². The summed E-state index contributed by atoms with van der Waals surface area (Å²) in [7, 11) is 1.74. The van der Waals surface area contributed by atoms with Crippen molar-refractivity contribution in [2.24, 2.45) is 0 Å². The Labute approximate surface area is 75.0 Å². The highest BCUT2D eigenvalue weighted by molar-refractivity contribution is 5.72. The second-order valence-corrected chi connectivity index (χ2v) is 3.08. The Kier molecular flexibility index (Phi) is 1.53. The third kappa shape index (κ3) is 1.07. The summed E-state index contributed by atoms with van der Waals surface area (Å²) >= 11 is 0. The van der Waals surface area contributed by atoms with Gasteiger partial charge in [0.1, 0.15) is 12.8 Å². The van der Waals surface area contributed by atoms with Gasteiger partial charge in [0.2, 0.25) is 5.69 Å². The van der Waals surface area contributed by atoms with Crippen molar-refractivity contribution >= 4 is 11.9 Å². The van der Waals surface area contributed by atoms with Crippen molar-refractivity contribution in [2.75, 3.05) is 7.05 Å². The molecular formula is C9H9NO3. The maximum absolute atomic E-state index is 11.1. The van der Waals surface area contributed by atoms with E-state index in [1.54, 1.807) is 17.8 Å². The monoisotopic (exact) mass is 179 g/mol. The van der Waals surface area contributed by atoms with Gasteiger partial charge >= 0.3 is 0 Å². The Balaban J connectivity index is 2.65. The van der Waals surface area contributed by atoms with Crippen LogP contribution in [0.15, 0.2) is 12.1 Å². The highest BCUT2D eigenvalue weighted by Crippen LogP contribution is 2.36. The summed E-state index contributed by atoms with van der Waals surface area (Å²) in [6, 6.07) is 2.62. The van der Waals surface area contributed by atoms with E-state index in [0.717, 1.165) is 0 Å². The number of fused-ring (bicyclic) bond motifs is 1. The normalized spacial score (nSPS) is 19.8. The summed E-state index contributed by atoms with van der Waals surface area (Å²) in [6.45, 7) is 0. The van der Waals surface area contributed by atoms with Crippen LogP contribution in [0.4, 0.5) is 5.69 Å². The predicted octanol–water partition coefficient (Wildman–Crippen LogP) is -0.143. The Morgan fingerprint density at radius 3 is 2.85 bits per heavy atom. The fourth-order valence-corrected chi connectivity index (χ4v) is 1.49. The molecule has 0 saturated heterocycles. The number of phenols is 1. The number of aromatic hydroxyl groups is 1. The number of hydrogen-bond acceptors (Lipinski definition) is 3. The third-order valence-corrected chi connectivity index (χ3v) is 2.17. The fraction of sp³-hybridized carbons (Fsp3) is 0.222. The van der Waals surface area contributed by atoms with Crippen molar-refractivity contribution < 1.29 is 19.9 Å².